The molecule has 0 amide bonds. The molecular weight excluding hydrogens is 292 g/mol. The highest BCUT2D eigenvalue weighted by molar-refractivity contribution is 4.86. The summed E-state index contributed by atoms with van der Waals surface area (Å²) in [5, 5.41) is 13.7. The van der Waals surface area contributed by atoms with E-state index in [0.29, 0.717) is 5.92 Å². The van der Waals surface area contributed by atoms with Crippen molar-refractivity contribution in [3.8, 4) is 0 Å². The number of unbranched alkanes of at least 4 members (excludes halogenated alkanes) is 9. The molecule has 0 aromatic rings. The van der Waals surface area contributed by atoms with Crippen LogP contribution in [-0.2, 0) is 5.11 Å². The molecular formula is C23H47O. The minimum Gasteiger partial charge on any atom is -0.229 e. The Morgan fingerprint density at radius 1 is 0.542 bits per heavy atom. The monoisotopic (exact) mass is 339 g/mol. The Bertz CT molecular complexity index is 240. The molecule has 0 aliphatic rings. The molecule has 0 aliphatic carbocycles. The zero-order chi connectivity index (χ0) is 18.1. The minimum absolute atomic E-state index is 0.424. The SMILES string of the molecule is CCCCCCCCC(CCCCC)C([O])(CCCC)CCCC. The molecule has 1 radical (unpaired) electrons. The number of hydrogen-bond acceptors (Lipinski definition) is 0. The second kappa shape index (κ2) is 16.4. The van der Waals surface area contributed by atoms with Crippen molar-refractivity contribution in [2.24, 2.45) is 5.92 Å². The molecule has 0 saturated heterocycles. The minimum atomic E-state index is -0.636. The van der Waals surface area contributed by atoms with E-state index in [-0.39, 0.29) is 0 Å². The Balaban J connectivity index is 4.56. The normalized spacial score (nSPS) is 13.4. The fraction of sp³-hybridized carbons (Fsp3) is 1.00. The number of hydrogen-bond donors (Lipinski definition) is 0. The average Bonchev–Trinajstić information content (AvgIpc) is 2.59. The molecule has 24 heavy (non-hydrogen) atoms. The van der Waals surface area contributed by atoms with Crippen LogP contribution >= 0.6 is 0 Å². The molecule has 0 rings (SSSR count). The zero-order valence-electron chi connectivity index (χ0n) is 17.5. The Labute approximate surface area is 154 Å². The van der Waals surface area contributed by atoms with Gasteiger partial charge in [-0.1, -0.05) is 111 Å². The summed E-state index contributed by atoms with van der Waals surface area (Å²) >= 11 is 0. The summed E-state index contributed by atoms with van der Waals surface area (Å²) < 4.78 is 0. The summed E-state index contributed by atoms with van der Waals surface area (Å²) in [5.41, 5.74) is -0.636. The molecule has 0 heterocycles. The summed E-state index contributed by atoms with van der Waals surface area (Å²) in [6.07, 6.45) is 20.6. The lowest BCUT2D eigenvalue weighted by molar-refractivity contribution is -0.0994. The molecule has 0 aliphatic heterocycles. The van der Waals surface area contributed by atoms with Crippen LogP contribution in [0.2, 0.25) is 0 Å². The molecule has 0 N–H and O–H groups in total. The van der Waals surface area contributed by atoms with Gasteiger partial charge in [0.05, 0.1) is 0 Å². The Morgan fingerprint density at radius 2 is 0.917 bits per heavy atom. The van der Waals surface area contributed by atoms with Crippen LogP contribution in [0, 0.1) is 5.92 Å². The first-order valence-electron chi connectivity index (χ1n) is 11.3. The topological polar surface area (TPSA) is 19.9 Å². The van der Waals surface area contributed by atoms with Crippen LogP contribution in [0.15, 0.2) is 0 Å². The number of rotatable bonds is 18. The van der Waals surface area contributed by atoms with Crippen molar-refractivity contribution in [3.05, 3.63) is 0 Å². The predicted octanol–water partition coefficient (Wildman–Crippen LogP) is 8.48. The van der Waals surface area contributed by atoms with E-state index in [4.69, 9.17) is 0 Å². The van der Waals surface area contributed by atoms with Crippen LogP contribution in [0.25, 0.3) is 0 Å². The lowest BCUT2D eigenvalue weighted by atomic mass is 9.74. The first kappa shape index (κ1) is 24.0. The molecule has 1 heteroatoms. The van der Waals surface area contributed by atoms with Crippen molar-refractivity contribution in [3.63, 3.8) is 0 Å². The summed E-state index contributed by atoms with van der Waals surface area (Å²) in [5.74, 6) is 0.424. The van der Waals surface area contributed by atoms with Gasteiger partial charge in [-0.2, -0.15) is 0 Å². The molecule has 0 saturated carbocycles. The van der Waals surface area contributed by atoms with E-state index in [2.05, 4.69) is 27.7 Å². The van der Waals surface area contributed by atoms with E-state index in [1.165, 1.54) is 70.6 Å². The van der Waals surface area contributed by atoms with Gasteiger partial charge in [0.25, 0.3) is 0 Å². The quantitative estimate of drug-likeness (QED) is 0.223. The van der Waals surface area contributed by atoms with E-state index < -0.39 is 5.60 Å². The standard InChI is InChI=1S/C23H47O/c1-5-9-13-14-15-17-19-22(18-16-10-6-2)23(24,20-11-7-3)21-12-8-4/h22H,5-21H2,1-4H3. The maximum atomic E-state index is 13.7. The van der Waals surface area contributed by atoms with E-state index in [1.807, 2.05) is 0 Å². The summed E-state index contributed by atoms with van der Waals surface area (Å²) in [7, 11) is 0. The van der Waals surface area contributed by atoms with Gasteiger partial charge in [-0.25, -0.2) is 5.11 Å². The van der Waals surface area contributed by atoms with Gasteiger partial charge in [0.2, 0.25) is 0 Å². The third-order valence-electron chi connectivity index (χ3n) is 5.71. The second-order valence-electron chi connectivity index (χ2n) is 8.02. The molecule has 0 bridgehead atoms. The Hall–Kier alpha value is -0.0400. The largest absolute Gasteiger partial charge is 0.229 e. The predicted molar refractivity (Wildman–Crippen MR) is 108 cm³/mol. The fourth-order valence-corrected chi connectivity index (χ4v) is 3.97. The van der Waals surface area contributed by atoms with Crippen molar-refractivity contribution in [1.29, 1.82) is 0 Å². The highest BCUT2D eigenvalue weighted by Gasteiger charge is 2.36. The second-order valence-corrected chi connectivity index (χ2v) is 8.02. The zero-order valence-corrected chi connectivity index (χ0v) is 17.5. The van der Waals surface area contributed by atoms with Gasteiger partial charge < -0.3 is 0 Å². The summed E-state index contributed by atoms with van der Waals surface area (Å²) in [6, 6.07) is 0. The summed E-state index contributed by atoms with van der Waals surface area (Å²) in [6.45, 7) is 8.98. The van der Waals surface area contributed by atoms with Crippen LogP contribution in [0.4, 0.5) is 0 Å². The maximum absolute atomic E-state index is 13.7. The van der Waals surface area contributed by atoms with Crippen molar-refractivity contribution < 1.29 is 5.11 Å². The van der Waals surface area contributed by atoms with E-state index >= 15 is 0 Å². The fourth-order valence-electron chi connectivity index (χ4n) is 3.97. The molecule has 1 atom stereocenters. The van der Waals surface area contributed by atoms with Crippen molar-refractivity contribution in [1.82, 2.24) is 0 Å². The van der Waals surface area contributed by atoms with E-state index in [1.54, 1.807) is 0 Å². The van der Waals surface area contributed by atoms with Crippen LogP contribution < -0.4 is 0 Å². The van der Waals surface area contributed by atoms with E-state index in [9.17, 15) is 5.11 Å². The molecule has 0 spiro atoms. The van der Waals surface area contributed by atoms with Gasteiger partial charge in [0.15, 0.2) is 0 Å². The van der Waals surface area contributed by atoms with Crippen LogP contribution in [0.5, 0.6) is 0 Å². The van der Waals surface area contributed by atoms with Crippen LogP contribution in [0.1, 0.15) is 137 Å². The molecule has 0 aromatic carbocycles. The highest BCUT2D eigenvalue weighted by atomic mass is 16.3. The van der Waals surface area contributed by atoms with Crippen LogP contribution in [-0.4, -0.2) is 5.60 Å². The molecule has 1 nitrogen and oxygen atoms in total. The molecule has 145 valence electrons. The Morgan fingerprint density at radius 3 is 1.42 bits per heavy atom. The lowest BCUT2D eigenvalue weighted by Gasteiger charge is -2.35. The van der Waals surface area contributed by atoms with Crippen molar-refractivity contribution in [2.75, 3.05) is 0 Å². The first-order chi connectivity index (χ1) is 11.6. The molecule has 0 fully saturated rings. The first-order valence-corrected chi connectivity index (χ1v) is 11.3. The smallest absolute Gasteiger partial charge is 0.106 e. The van der Waals surface area contributed by atoms with Gasteiger partial charge in [-0.15, -0.1) is 0 Å². The Kier molecular flexibility index (Phi) is 16.4. The van der Waals surface area contributed by atoms with Gasteiger partial charge in [-0.3, -0.25) is 0 Å². The van der Waals surface area contributed by atoms with E-state index in [0.717, 1.165) is 38.5 Å². The van der Waals surface area contributed by atoms with Gasteiger partial charge >= 0.3 is 0 Å². The third-order valence-corrected chi connectivity index (χ3v) is 5.71. The molecule has 1 unspecified atom stereocenters. The molecule has 0 aromatic heterocycles. The van der Waals surface area contributed by atoms with Crippen molar-refractivity contribution in [2.45, 2.75) is 142 Å². The van der Waals surface area contributed by atoms with Crippen molar-refractivity contribution >= 4 is 0 Å². The van der Waals surface area contributed by atoms with Gasteiger partial charge in [-0.05, 0) is 31.6 Å². The van der Waals surface area contributed by atoms with Gasteiger partial charge in [0.1, 0.15) is 5.60 Å². The highest BCUT2D eigenvalue weighted by Crippen LogP contribution is 2.37. The van der Waals surface area contributed by atoms with Gasteiger partial charge in [0, 0.05) is 0 Å². The average molecular weight is 340 g/mol. The third kappa shape index (κ3) is 11.5. The maximum Gasteiger partial charge on any atom is 0.106 e. The van der Waals surface area contributed by atoms with Crippen LogP contribution in [0.3, 0.4) is 0 Å². The summed E-state index contributed by atoms with van der Waals surface area (Å²) in [4.78, 5) is 0. The lowest BCUT2D eigenvalue weighted by Crippen LogP contribution is -2.37.